The van der Waals surface area contributed by atoms with E-state index >= 15 is 0 Å². The molecule has 7 nitrogen and oxygen atoms in total. The Bertz CT molecular complexity index is 1110. The lowest BCUT2D eigenvalue weighted by molar-refractivity contribution is -0.136. The summed E-state index contributed by atoms with van der Waals surface area (Å²) >= 11 is 0. The number of aromatic nitrogens is 3. The quantitative estimate of drug-likeness (QED) is 0.596. The molecule has 2 heterocycles. The van der Waals surface area contributed by atoms with Gasteiger partial charge in [-0.25, -0.2) is 4.68 Å². The van der Waals surface area contributed by atoms with Gasteiger partial charge in [0, 0.05) is 32.4 Å². The van der Waals surface area contributed by atoms with Gasteiger partial charge in [0.2, 0.25) is 11.9 Å². The predicted molar refractivity (Wildman–Crippen MR) is 122 cm³/mol. The Morgan fingerprint density at radius 1 is 1.03 bits per heavy atom. The van der Waals surface area contributed by atoms with Crippen LogP contribution in [0.5, 0.6) is 5.75 Å². The van der Waals surface area contributed by atoms with Crippen LogP contribution in [0.3, 0.4) is 0 Å². The van der Waals surface area contributed by atoms with Crippen LogP contribution in [0.1, 0.15) is 19.4 Å². The average Bonchev–Trinajstić information content (AvgIpc) is 3.13. The van der Waals surface area contributed by atoms with Crippen molar-refractivity contribution in [1.82, 2.24) is 14.8 Å². The fourth-order valence-electron chi connectivity index (χ4n) is 4.14. The van der Waals surface area contributed by atoms with Gasteiger partial charge in [-0.05, 0) is 50.2 Å². The molecule has 0 spiro atoms. The molecule has 2 aromatic carbocycles. The zero-order valence-corrected chi connectivity index (χ0v) is 19.0. The lowest BCUT2D eigenvalue weighted by Gasteiger charge is -2.48. The van der Waals surface area contributed by atoms with Gasteiger partial charge in [0.05, 0.1) is 23.9 Å². The number of nitrogens with one attached hydrogen (secondary N) is 1. The minimum absolute atomic E-state index is 0.0586. The summed E-state index contributed by atoms with van der Waals surface area (Å²) in [7, 11) is 3.30. The second kappa shape index (κ2) is 8.49. The Morgan fingerprint density at radius 2 is 1.73 bits per heavy atom. The number of aryl methyl sites for hydroxylation is 1. The molecule has 1 aliphatic heterocycles. The summed E-state index contributed by atoms with van der Waals surface area (Å²) in [6.45, 7) is 6.37. The molecule has 0 amide bonds. The lowest BCUT2D eigenvalue weighted by atomic mass is 9.98. The van der Waals surface area contributed by atoms with E-state index in [0.717, 1.165) is 24.0 Å². The summed E-state index contributed by atoms with van der Waals surface area (Å²) in [5, 5.41) is 7.25. The van der Waals surface area contributed by atoms with Crippen LogP contribution in [0.2, 0.25) is 0 Å². The smallest absolute Gasteiger partial charge is 0.418 e. The van der Waals surface area contributed by atoms with Gasteiger partial charge in [-0.2, -0.15) is 18.2 Å². The molecular formula is C23H27F3N6O. The number of halogens is 3. The van der Waals surface area contributed by atoms with Crippen molar-refractivity contribution >= 4 is 23.3 Å². The molecule has 0 unspecified atom stereocenters. The summed E-state index contributed by atoms with van der Waals surface area (Å²) in [5.41, 5.74) is 0.0729. The highest BCUT2D eigenvalue weighted by molar-refractivity contribution is 5.61. The predicted octanol–water partition coefficient (Wildman–Crippen LogP) is 4.69. The van der Waals surface area contributed by atoms with E-state index in [1.165, 1.54) is 16.8 Å². The van der Waals surface area contributed by atoms with Gasteiger partial charge in [0.25, 0.3) is 0 Å². The number of hydrogen-bond acceptors (Lipinski definition) is 6. The number of nitrogens with zero attached hydrogens (tertiary/aromatic N) is 5. The fourth-order valence-corrected chi connectivity index (χ4v) is 4.14. The minimum Gasteiger partial charge on any atom is -0.497 e. The highest BCUT2D eigenvalue weighted by atomic mass is 19.4. The van der Waals surface area contributed by atoms with Crippen LogP contribution in [-0.4, -0.2) is 47.0 Å². The Morgan fingerprint density at radius 3 is 2.36 bits per heavy atom. The molecule has 0 aliphatic carbocycles. The molecule has 1 saturated heterocycles. The first kappa shape index (κ1) is 22.8. The van der Waals surface area contributed by atoms with Crippen LogP contribution in [-0.2, 0) is 13.2 Å². The number of hydrogen-bond donors (Lipinski definition) is 1. The largest absolute Gasteiger partial charge is 0.497 e. The minimum atomic E-state index is -4.47. The van der Waals surface area contributed by atoms with E-state index in [1.54, 1.807) is 20.2 Å². The first-order chi connectivity index (χ1) is 15.6. The number of rotatable bonds is 5. The number of para-hydroxylation sites is 1. The van der Waals surface area contributed by atoms with Crippen molar-refractivity contribution in [2.45, 2.75) is 25.6 Å². The molecule has 3 aromatic rings. The zero-order chi connectivity index (χ0) is 23.8. The van der Waals surface area contributed by atoms with E-state index in [0.29, 0.717) is 19.0 Å². The second-order valence-corrected chi connectivity index (χ2v) is 8.61. The third-order valence-electron chi connectivity index (χ3n) is 5.80. The average molecular weight is 461 g/mol. The maximum absolute atomic E-state index is 13.3. The number of benzene rings is 2. The molecule has 1 aliphatic rings. The highest BCUT2D eigenvalue weighted by Gasteiger charge is 2.36. The molecule has 1 aromatic heterocycles. The Hall–Kier alpha value is -3.43. The fraction of sp³-hybridized carbons (Fsp3) is 0.391. The Balaban J connectivity index is 1.52. The molecule has 0 atom stereocenters. The van der Waals surface area contributed by atoms with Crippen LogP contribution in [0, 0.1) is 0 Å². The first-order valence-corrected chi connectivity index (χ1v) is 10.6. The van der Waals surface area contributed by atoms with Crippen molar-refractivity contribution in [2.24, 2.45) is 7.05 Å². The molecule has 0 radical (unpaired) electrons. The number of alkyl halides is 3. The lowest BCUT2D eigenvalue weighted by Crippen LogP contribution is -2.60. The maximum Gasteiger partial charge on any atom is 0.418 e. The zero-order valence-electron chi connectivity index (χ0n) is 19.0. The van der Waals surface area contributed by atoms with Crippen molar-refractivity contribution in [3.63, 3.8) is 0 Å². The van der Waals surface area contributed by atoms with E-state index in [1.807, 2.05) is 24.3 Å². The monoisotopic (exact) mass is 460 g/mol. The normalized spacial score (nSPS) is 16.1. The van der Waals surface area contributed by atoms with Crippen molar-refractivity contribution in [3.05, 3.63) is 54.1 Å². The molecule has 0 bridgehead atoms. The number of methoxy groups -OCH3 is 1. The molecule has 1 fully saturated rings. The number of anilines is 4. The molecule has 4 rings (SSSR count). The van der Waals surface area contributed by atoms with Crippen LogP contribution in [0.25, 0.3) is 0 Å². The van der Waals surface area contributed by atoms with Crippen molar-refractivity contribution < 1.29 is 17.9 Å². The van der Waals surface area contributed by atoms with E-state index in [4.69, 9.17) is 4.74 Å². The van der Waals surface area contributed by atoms with Gasteiger partial charge in [-0.3, -0.25) is 0 Å². The van der Waals surface area contributed by atoms with E-state index in [9.17, 15) is 13.2 Å². The van der Waals surface area contributed by atoms with Gasteiger partial charge in [-0.15, -0.1) is 5.10 Å². The van der Waals surface area contributed by atoms with E-state index in [2.05, 4.69) is 39.0 Å². The summed E-state index contributed by atoms with van der Waals surface area (Å²) in [4.78, 5) is 8.88. The van der Waals surface area contributed by atoms with Gasteiger partial charge in [0.15, 0.2) is 0 Å². The molecule has 33 heavy (non-hydrogen) atoms. The van der Waals surface area contributed by atoms with Crippen molar-refractivity contribution in [2.75, 3.05) is 41.9 Å². The molecule has 1 N–H and O–H groups in total. The van der Waals surface area contributed by atoms with Crippen LogP contribution >= 0.6 is 0 Å². The van der Waals surface area contributed by atoms with Crippen LogP contribution < -0.4 is 19.9 Å². The summed E-state index contributed by atoms with van der Waals surface area (Å²) in [6.07, 6.45) is -4.47. The summed E-state index contributed by atoms with van der Waals surface area (Å²) < 4.78 is 46.8. The maximum atomic E-state index is 13.3. The SMILES string of the molecule is COc1ccc(N2CCN(c3nc(Nc4ccccc4C(F)(F)F)n(C)n3)CC2(C)C)cc1. The summed E-state index contributed by atoms with van der Waals surface area (Å²) in [6, 6.07) is 13.3. The Labute approximate surface area is 190 Å². The van der Waals surface area contributed by atoms with Crippen LogP contribution in [0.15, 0.2) is 48.5 Å². The number of piperazine rings is 1. The Kier molecular flexibility index (Phi) is 5.85. The molecule has 10 heteroatoms. The summed E-state index contributed by atoms with van der Waals surface area (Å²) in [5.74, 6) is 1.53. The van der Waals surface area contributed by atoms with Crippen molar-refractivity contribution in [1.29, 1.82) is 0 Å². The van der Waals surface area contributed by atoms with E-state index < -0.39 is 11.7 Å². The van der Waals surface area contributed by atoms with Gasteiger partial charge in [0.1, 0.15) is 5.75 Å². The topological polar surface area (TPSA) is 58.5 Å². The van der Waals surface area contributed by atoms with Gasteiger partial charge < -0.3 is 19.9 Å². The highest BCUT2D eigenvalue weighted by Crippen LogP contribution is 2.36. The van der Waals surface area contributed by atoms with Crippen molar-refractivity contribution in [3.8, 4) is 5.75 Å². The standard InChI is InChI=1S/C23H27F3N6O/c1-22(2)15-31(13-14-32(22)16-9-11-17(33-4)12-10-16)21-28-20(30(3)29-21)27-19-8-6-5-7-18(19)23(24,25)26/h5-12H,13-15H2,1-4H3,(H,27,28,29). The molecular weight excluding hydrogens is 433 g/mol. The van der Waals surface area contributed by atoms with Crippen LogP contribution in [0.4, 0.5) is 36.4 Å². The van der Waals surface area contributed by atoms with Gasteiger partial charge >= 0.3 is 6.18 Å². The third kappa shape index (κ3) is 4.69. The molecule has 0 saturated carbocycles. The first-order valence-electron chi connectivity index (χ1n) is 10.6. The van der Waals surface area contributed by atoms with Gasteiger partial charge in [-0.1, -0.05) is 12.1 Å². The third-order valence-corrected chi connectivity index (χ3v) is 5.80. The molecule has 176 valence electrons. The van der Waals surface area contributed by atoms with E-state index in [-0.39, 0.29) is 17.2 Å². The second-order valence-electron chi connectivity index (χ2n) is 8.61. The number of ether oxygens (including phenoxy) is 1.